The van der Waals surface area contributed by atoms with E-state index in [2.05, 4.69) is 58.7 Å². The molecule has 25 heavy (non-hydrogen) atoms. The standard InChI is InChI=1S/C22H28N2O/c1-23-17-21-13-8-14-24(21)22(25)16-20(19-11-6-3-7-12-19)15-18-9-4-2-5-10-18/h2-7,9-12,20-21,23H,8,13-17H2,1H3. The van der Waals surface area contributed by atoms with Crippen molar-refractivity contribution in [3.63, 3.8) is 0 Å². The highest BCUT2D eigenvalue weighted by molar-refractivity contribution is 5.78. The Morgan fingerprint density at radius 3 is 2.48 bits per heavy atom. The van der Waals surface area contributed by atoms with E-state index in [0.29, 0.717) is 18.4 Å². The molecule has 2 unspecified atom stereocenters. The number of likely N-dealkylation sites (N-methyl/N-ethyl adjacent to an activating group) is 1. The lowest BCUT2D eigenvalue weighted by Gasteiger charge is -2.27. The maximum atomic E-state index is 13.0. The van der Waals surface area contributed by atoms with Gasteiger partial charge in [0.05, 0.1) is 0 Å². The van der Waals surface area contributed by atoms with Crippen molar-refractivity contribution in [1.29, 1.82) is 0 Å². The number of hydrogen-bond acceptors (Lipinski definition) is 2. The second kappa shape index (κ2) is 8.82. The summed E-state index contributed by atoms with van der Waals surface area (Å²) in [6.07, 6.45) is 3.72. The maximum Gasteiger partial charge on any atom is 0.223 e. The minimum Gasteiger partial charge on any atom is -0.338 e. The summed E-state index contributed by atoms with van der Waals surface area (Å²) < 4.78 is 0. The molecular weight excluding hydrogens is 308 g/mol. The van der Waals surface area contributed by atoms with Gasteiger partial charge in [-0.3, -0.25) is 4.79 Å². The zero-order chi connectivity index (χ0) is 17.5. The predicted octanol–water partition coefficient (Wildman–Crippen LogP) is 3.61. The van der Waals surface area contributed by atoms with Crippen molar-refractivity contribution < 1.29 is 4.79 Å². The van der Waals surface area contributed by atoms with Gasteiger partial charge in [-0.25, -0.2) is 0 Å². The number of nitrogens with one attached hydrogen (secondary N) is 1. The Bertz CT molecular complexity index is 656. The number of carbonyl (C=O) groups is 1. The second-order valence-corrected chi connectivity index (χ2v) is 6.94. The summed E-state index contributed by atoms with van der Waals surface area (Å²) >= 11 is 0. The van der Waals surface area contributed by atoms with E-state index in [1.165, 1.54) is 11.1 Å². The Hall–Kier alpha value is -2.13. The summed E-state index contributed by atoms with van der Waals surface area (Å²) in [7, 11) is 1.96. The quantitative estimate of drug-likeness (QED) is 0.838. The molecule has 3 heteroatoms. The molecule has 1 fully saturated rings. The van der Waals surface area contributed by atoms with Crippen molar-refractivity contribution in [1.82, 2.24) is 10.2 Å². The Kier molecular flexibility index (Phi) is 6.24. The fourth-order valence-electron chi connectivity index (χ4n) is 3.87. The Morgan fingerprint density at radius 2 is 1.80 bits per heavy atom. The predicted molar refractivity (Wildman–Crippen MR) is 103 cm³/mol. The number of benzene rings is 2. The average Bonchev–Trinajstić information content (AvgIpc) is 3.11. The molecule has 0 radical (unpaired) electrons. The largest absolute Gasteiger partial charge is 0.338 e. The van der Waals surface area contributed by atoms with Gasteiger partial charge in [-0.15, -0.1) is 0 Å². The van der Waals surface area contributed by atoms with E-state index in [1.807, 2.05) is 19.2 Å². The molecule has 0 aromatic heterocycles. The first-order valence-corrected chi connectivity index (χ1v) is 9.31. The molecular formula is C22H28N2O. The van der Waals surface area contributed by atoms with Gasteiger partial charge in [-0.2, -0.15) is 0 Å². The van der Waals surface area contributed by atoms with Gasteiger partial charge in [0.25, 0.3) is 0 Å². The highest BCUT2D eigenvalue weighted by atomic mass is 16.2. The number of rotatable bonds is 7. The van der Waals surface area contributed by atoms with Gasteiger partial charge in [0.15, 0.2) is 0 Å². The average molecular weight is 336 g/mol. The Labute approximate surface area is 151 Å². The third kappa shape index (κ3) is 4.70. The highest BCUT2D eigenvalue weighted by Crippen LogP contribution is 2.27. The molecule has 1 aliphatic heterocycles. The van der Waals surface area contributed by atoms with Crippen LogP contribution >= 0.6 is 0 Å². The van der Waals surface area contributed by atoms with Crippen molar-refractivity contribution in [3.8, 4) is 0 Å². The van der Waals surface area contributed by atoms with Gasteiger partial charge in [-0.05, 0) is 43.4 Å². The van der Waals surface area contributed by atoms with Crippen LogP contribution in [0.5, 0.6) is 0 Å². The normalized spacial score (nSPS) is 18.3. The van der Waals surface area contributed by atoms with Crippen LogP contribution in [0, 0.1) is 0 Å². The minimum absolute atomic E-state index is 0.229. The molecule has 0 aliphatic carbocycles. The van der Waals surface area contributed by atoms with Crippen LogP contribution in [0.25, 0.3) is 0 Å². The van der Waals surface area contributed by atoms with E-state index in [9.17, 15) is 4.79 Å². The van der Waals surface area contributed by atoms with Crippen LogP contribution in [0.2, 0.25) is 0 Å². The van der Waals surface area contributed by atoms with E-state index >= 15 is 0 Å². The Balaban J connectivity index is 1.74. The van der Waals surface area contributed by atoms with Gasteiger partial charge in [0.1, 0.15) is 0 Å². The number of nitrogens with zero attached hydrogens (tertiary/aromatic N) is 1. The fraction of sp³-hybridized carbons (Fsp3) is 0.409. The molecule has 2 aromatic rings. The van der Waals surface area contributed by atoms with Gasteiger partial charge in [-0.1, -0.05) is 60.7 Å². The lowest BCUT2D eigenvalue weighted by Crippen LogP contribution is -2.41. The van der Waals surface area contributed by atoms with Crippen molar-refractivity contribution >= 4 is 5.91 Å². The number of carbonyl (C=O) groups excluding carboxylic acids is 1. The molecule has 3 rings (SSSR count). The fourth-order valence-corrected chi connectivity index (χ4v) is 3.87. The molecule has 1 saturated heterocycles. The molecule has 3 nitrogen and oxygen atoms in total. The first-order chi connectivity index (χ1) is 12.3. The van der Waals surface area contributed by atoms with Crippen LogP contribution in [0.3, 0.4) is 0 Å². The van der Waals surface area contributed by atoms with Crippen LogP contribution < -0.4 is 5.32 Å². The van der Waals surface area contributed by atoms with Gasteiger partial charge in [0.2, 0.25) is 5.91 Å². The summed E-state index contributed by atoms with van der Waals surface area (Å²) in [4.78, 5) is 15.1. The lowest BCUT2D eigenvalue weighted by molar-refractivity contribution is -0.132. The van der Waals surface area contributed by atoms with E-state index in [0.717, 1.165) is 32.4 Å². The SMILES string of the molecule is CNCC1CCCN1C(=O)CC(Cc1ccccc1)c1ccccc1. The monoisotopic (exact) mass is 336 g/mol. The van der Waals surface area contributed by atoms with Crippen LogP contribution in [-0.2, 0) is 11.2 Å². The molecule has 0 bridgehead atoms. The minimum atomic E-state index is 0.229. The highest BCUT2D eigenvalue weighted by Gasteiger charge is 2.29. The van der Waals surface area contributed by atoms with Crippen molar-refractivity contribution in [2.24, 2.45) is 0 Å². The first kappa shape index (κ1) is 17.7. The number of hydrogen-bond donors (Lipinski definition) is 1. The van der Waals surface area contributed by atoms with Crippen LogP contribution in [0.1, 0.15) is 36.3 Å². The van der Waals surface area contributed by atoms with Gasteiger partial charge < -0.3 is 10.2 Å². The number of amides is 1. The molecule has 132 valence electrons. The van der Waals surface area contributed by atoms with Crippen LogP contribution in [-0.4, -0.2) is 37.0 Å². The maximum absolute atomic E-state index is 13.0. The molecule has 0 spiro atoms. The second-order valence-electron chi connectivity index (χ2n) is 6.94. The number of likely N-dealkylation sites (tertiary alicyclic amines) is 1. The summed E-state index contributed by atoms with van der Waals surface area (Å²) in [5, 5.41) is 3.23. The smallest absolute Gasteiger partial charge is 0.223 e. The molecule has 1 heterocycles. The van der Waals surface area contributed by atoms with Gasteiger partial charge >= 0.3 is 0 Å². The van der Waals surface area contributed by atoms with E-state index in [-0.39, 0.29) is 5.92 Å². The third-order valence-electron chi connectivity index (χ3n) is 5.15. The Morgan fingerprint density at radius 1 is 1.12 bits per heavy atom. The first-order valence-electron chi connectivity index (χ1n) is 9.31. The molecule has 1 amide bonds. The zero-order valence-electron chi connectivity index (χ0n) is 15.0. The molecule has 1 aliphatic rings. The summed E-state index contributed by atoms with van der Waals surface area (Å²) in [5.41, 5.74) is 2.54. The topological polar surface area (TPSA) is 32.3 Å². The van der Waals surface area contributed by atoms with Crippen LogP contribution in [0.15, 0.2) is 60.7 Å². The summed E-state index contributed by atoms with van der Waals surface area (Å²) in [6.45, 7) is 1.79. The van der Waals surface area contributed by atoms with Crippen molar-refractivity contribution in [2.45, 2.75) is 37.6 Å². The summed E-state index contributed by atoms with van der Waals surface area (Å²) in [5.74, 6) is 0.523. The molecule has 1 N–H and O–H groups in total. The van der Waals surface area contributed by atoms with Crippen LogP contribution in [0.4, 0.5) is 0 Å². The summed E-state index contributed by atoms with van der Waals surface area (Å²) in [6, 6.07) is 21.3. The zero-order valence-corrected chi connectivity index (χ0v) is 15.0. The van der Waals surface area contributed by atoms with E-state index in [4.69, 9.17) is 0 Å². The van der Waals surface area contributed by atoms with Crippen molar-refractivity contribution in [2.75, 3.05) is 20.1 Å². The van der Waals surface area contributed by atoms with Crippen molar-refractivity contribution in [3.05, 3.63) is 71.8 Å². The van der Waals surface area contributed by atoms with E-state index < -0.39 is 0 Å². The van der Waals surface area contributed by atoms with Gasteiger partial charge in [0, 0.05) is 25.6 Å². The lowest BCUT2D eigenvalue weighted by atomic mass is 9.89. The molecule has 0 saturated carbocycles. The molecule has 2 aromatic carbocycles. The molecule has 2 atom stereocenters. The third-order valence-corrected chi connectivity index (χ3v) is 5.15. The van der Waals surface area contributed by atoms with E-state index in [1.54, 1.807) is 0 Å².